The summed E-state index contributed by atoms with van der Waals surface area (Å²) in [5.41, 5.74) is 1.01. The highest BCUT2D eigenvalue weighted by Gasteiger charge is 2.28. The monoisotopic (exact) mass is 236 g/mol. The van der Waals surface area contributed by atoms with Crippen molar-refractivity contribution in [1.29, 1.82) is 0 Å². The van der Waals surface area contributed by atoms with Crippen molar-refractivity contribution in [2.24, 2.45) is 5.41 Å². The summed E-state index contributed by atoms with van der Waals surface area (Å²) in [5.74, 6) is 0.105. The maximum Gasteiger partial charge on any atom is 0.306 e. The minimum Gasteiger partial charge on any atom is -0.508 e. The number of carbonyl (C=O) groups is 1. The average Bonchev–Trinajstić information content (AvgIpc) is 2.25. The summed E-state index contributed by atoms with van der Waals surface area (Å²) in [6.45, 7) is 6.27. The highest BCUT2D eigenvalue weighted by Crippen LogP contribution is 2.38. The summed E-state index contributed by atoms with van der Waals surface area (Å²) >= 11 is 0. The normalized spacial score (nSPS) is 13.2. The molecule has 1 N–H and O–H groups in total. The summed E-state index contributed by atoms with van der Waals surface area (Å²) < 4.78 is 4.73. The molecule has 0 saturated heterocycles. The highest BCUT2D eigenvalue weighted by molar-refractivity contribution is 5.70. The lowest BCUT2D eigenvalue weighted by molar-refractivity contribution is -0.141. The van der Waals surface area contributed by atoms with Crippen molar-refractivity contribution >= 4 is 5.97 Å². The van der Waals surface area contributed by atoms with E-state index in [2.05, 4.69) is 20.8 Å². The predicted octanol–water partition coefficient (Wildman–Crippen LogP) is 3.09. The molecular formula is C14H20O3. The first-order valence-electron chi connectivity index (χ1n) is 5.70. The van der Waals surface area contributed by atoms with Crippen LogP contribution < -0.4 is 0 Å². The van der Waals surface area contributed by atoms with Crippen LogP contribution in [0.3, 0.4) is 0 Å². The van der Waals surface area contributed by atoms with Crippen molar-refractivity contribution in [1.82, 2.24) is 0 Å². The molecule has 1 aromatic rings. The van der Waals surface area contributed by atoms with Crippen LogP contribution in [-0.2, 0) is 9.53 Å². The zero-order valence-electron chi connectivity index (χ0n) is 10.9. The molecule has 94 valence electrons. The van der Waals surface area contributed by atoms with Crippen LogP contribution in [0, 0.1) is 5.41 Å². The van der Waals surface area contributed by atoms with Crippen LogP contribution in [0.15, 0.2) is 24.3 Å². The highest BCUT2D eigenvalue weighted by atomic mass is 16.5. The van der Waals surface area contributed by atoms with E-state index in [0.29, 0.717) is 6.42 Å². The van der Waals surface area contributed by atoms with E-state index < -0.39 is 0 Å². The molecule has 0 spiro atoms. The van der Waals surface area contributed by atoms with Gasteiger partial charge >= 0.3 is 5.97 Å². The molecule has 0 radical (unpaired) electrons. The molecular weight excluding hydrogens is 216 g/mol. The van der Waals surface area contributed by atoms with Crippen LogP contribution in [-0.4, -0.2) is 18.2 Å². The third-order valence-electron chi connectivity index (χ3n) is 2.94. The predicted molar refractivity (Wildman–Crippen MR) is 66.9 cm³/mol. The number of hydrogen-bond donors (Lipinski definition) is 1. The van der Waals surface area contributed by atoms with Gasteiger partial charge in [0.15, 0.2) is 0 Å². The Bertz CT molecular complexity index is 373. The van der Waals surface area contributed by atoms with E-state index in [1.165, 1.54) is 7.11 Å². The molecule has 0 aliphatic carbocycles. The van der Waals surface area contributed by atoms with E-state index in [1.807, 2.05) is 12.1 Å². The van der Waals surface area contributed by atoms with Gasteiger partial charge in [0.1, 0.15) is 5.75 Å². The molecule has 1 atom stereocenters. The Morgan fingerprint density at radius 3 is 2.24 bits per heavy atom. The number of methoxy groups -OCH3 is 1. The fourth-order valence-corrected chi connectivity index (χ4v) is 1.88. The molecule has 0 aliphatic heterocycles. The number of phenolic OH excluding ortho intramolecular Hbond substituents is 1. The molecule has 0 saturated carbocycles. The van der Waals surface area contributed by atoms with Gasteiger partial charge in [0.2, 0.25) is 0 Å². The van der Waals surface area contributed by atoms with E-state index in [-0.39, 0.29) is 23.1 Å². The van der Waals surface area contributed by atoms with Crippen LogP contribution in [0.2, 0.25) is 0 Å². The van der Waals surface area contributed by atoms with Crippen LogP contribution in [0.5, 0.6) is 5.75 Å². The van der Waals surface area contributed by atoms with Gasteiger partial charge in [-0.2, -0.15) is 0 Å². The van der Waals surface area contributed by atoms with Gasteiger partial charge < -0.3 is 9.84 Å². The van der Waals surface area contributed by atoms with Gasteiger partial charge in [0.25, 0.3) is 0 Å². The Labute approximate surface area is 102 Å². The Balaban J connectivity index is 2.98. The summed E-state index contributed by atoms with van der Waals surface area (Å²) in [5, 5.41) is 9.28. The van der Waals surface area contributed by atoms with E-state index in [1.54, 1.807) is 12.1 Å². The molecule has 0 heterocycles. The number of carbonyl (C=O) groups excluding carboxylic acids is 1. The van der Waals surface area contributed by atoms with Crippen LogP contribution >= 0.6 is 0 Å². The SMILES string of the molecule is COC(=O)CC(c1ccc(O)cc1)C(C)(C)C. The van der Waals surface area contributed by atoms with Crippen LogP contribution in [0.25, 0.3) is 0 Å². The van der Waals surface area contributed by atoms with Crippen molar-refractivity contribution in [2.45, 2.75) is 33.1 Å². The minimum atomic E-state index is -0.210. The molecule has 0 aliphatic rings. The van der Waals surface area contributed by atoms with Gasteiger partial charge in [-0.05, 0) is 29.0 Å². The van der Waals surface area contributed by atoms with Crippen LogP contribution in [0.1, 0.15) is 38.7 Å². The number of ether oxygens (including phenoxy) is 1. The van der Waals surface area contributed by atoms with Gasteiger partial charge in [-0.1, -0.05) is 32.9 Å². The second-order valence-electron chi connectivity index (χ2n) is 5.29. The third-order valence-corrected chi connectivity index (χ3v) is 2.94. The number of phenols is 1. The number of benzene rings is 1. The number of hydrogen-bond acceptors (Lipinski definition) is 3. The summed E-state index contributed by atoms with van der Waals surface area (Å²) in [6.07, 6.45) is 0.352. The molecule has 3 nitrogen and oxygen atoms in total. The fraction of sp³-hybridized carbons (Fsp3) is 0.500. The average molecular weight is 236 g/mol. The Kier molecular flexibility index (Phi) is 4.16. The van der Waals surface area contributed by atoms with E-state index in [9.17, 15) is 9.90 Å². The molecule has 0 bridgehead atoms. The fourth-order valence-electron chi connectivity index (χ4n) is 1.88. The van der Waals surface area contributed by atoms with Crippen molar-refractivity contribution in [3.63, 3.8) is 0 Å². The molecule has 0 fully saturated rings. The van der Waals surface area contributed by atoms with Crippen molar-refractivity contribution in [3.05, 3.63) is 29.8 Å². The van der Waals surface area contributed by atoms with Gasteiger partial charge in [-0.25, -0.2) is 0 Å². The molecule has 3 heteroatoms. The van der Waals surface area contributed by atoms with Gasteiger partial charge in [-0.3, -0.25) is 4.79 Å². The molecule has 0 aromatic heterocycles. The quantitative estimate of drug-likeness (QED) is 0.820. The Morgan fingerprint density at radius 2 is 1.82 bits per heavy atom. The third kappa shape index (κ3) is 3.77. The van der Waals surface area contributed by atoms with E-state index in [0.717, 1.165) is 5.56 Å². The molecule has 1 unspecified atom stereocenters. The minimum absolute atomic E-state index is 0.0365. The van der Waals surface area contributed by atoms with Gasteiger partial charge in [-0.15, -0.1) is 0 Å². The first-order valence-corrected chi connectivity index (χ1v) is 5.70. The zero-order valence-corrected chi connectivity index (χ0v) is 10.9. The number of rotatable bonds is 3. The largest absolute Gasteiger partial charge is 0.508 e. The number of esters is 1. The van der Waals surface area contributed by atoms with Crippen molar-refractivity contribution in [2.75, 3.05) is 7.11 Å². The summed E-state index contributed by atoms with van der Waals surface area (Å²) in [6, 6.07) is 7.00. The maximum atomic E-state index is 11.4. The molecule has 0 amide bonds. The standard InChI is InChI=1S/C14H20O3/c1-14(2,3)12(9-13(16)17-4)10-5-7-11(15)8-6-10/h5-8,12,15H,9H2,1-4H3. The number of aromatic hydroxyl groups is 1. The van der Waals surface area contributed by atoms with Crippen LogP contribution in [0.4, 0.5) is 0 Å². The summed E-state index contributed by atoms with van der Waals surface area (Å²) in [7, 11) is 1.40. The van der Waals surface area contributed by atoms with Crippen molar-refractivity contribution < 1.29 is 14.6 Å². The van der Waals surface area contributed by atoms with E-state index >= 15 is 0 Å². The first-order chi connectivity index (χ1) is 7.84. The lowest BCUT2D eigenvalue weighted by Crippen LogP contribution is -2.22. The first kappa shape index (κ1) is 13.6. The lowest BCUT2D eigenvalue weighted by Gasteiger charge is -2.30. The summed E-state index contributed by atoms with van der Waals surface area (Å²) in [4.78, 5) is 11.4. The molecule has 1 rings (SSSR count). The molecule has 17 heavy (non-hydrogen) atoms. The lowest BCUT2D eigenvalue weighted by atomic mass is 9.74. The smallest absolute Gasteiger partial charge is 0.306 e. The molecule has 1 aromatic carbocycles. The zero-order chi connectivity index (χ0) is 13.1. The van der Waals surface area contributed by atoms with Crippen molar-refractivity contribution in [3.8, 4) is 5.75 Å². The maximum absolute atomic E-state index is 11.4. The Morgan fingerprint density at radius 1 is 1.29 bits per heavy atom. The second-order valence-corrected chi connectivity index (χ2v) is 5.29. The topological polar surface area (TPSA) is 46.5 Å². The van der Waals surface area contributed by atoms with Gasteiger partial charge in [0.05, 0.1) is 13.5 Å². The van der Waals surface area contributed by atoms with E-state index in [4.69, 9.17) is 4.74 Å². The van der Waals surface area contributed by atoms with Gasteiger partial charge in [0, 0.05) is 0 Å². The Hall–Kier alpha value is -1.51. The second kappa shape index (κ2) is 5.21.